The van der Waals surface area contributed by atoms with Gasteiger partial charge in [0.2, 0.25) is 0 Å². The highest BCUT2D eigenvalue weighted by Crippen LogP contribution is 2.23. The number of carbonyl (C=O) groups excluding carboxylic acids is 1. The Hall–Kier alpha value is -1.26. The maximum Gasteiger partial charge on any atom is 0.322 e. The monoisotopic (exact) mass is 243 g/mol. The number of methoxy groups -OCH3 is 2. The summed E-state index contributed by atoms with van der Waals surface area (Å²) in [7, 11) is 2.85. The van der Waals surface area contributed by atoms with Crippen LogP contribution in [0.25, 0.3) is 0 Å². The lowest BCUT2D eigenvalue weighted by Crippen LogP contribution is -2.33. The molecular formula is C11H14ClNO3. The predicted molar refractivity (Wildman–Crippen MR) is 61.7 cm³/mol. The molecule has 1 rings (SSSR count). The summed E-state index contributed by atoms with van der Waals surface area (Å²) in [6, 6.07) is 4.47. The topological polar surface area (TPSA) is 61.5 Å². The first-order valence-corrected chi connectivity index (χ1v) is 5.12. The predicted octanol–water partition coefficient (Wildman–Crippen LogP) is 1.39. The number of hydrogen-bond donors (Lipinski definition) is 1. The van der Waals surface area contributed by atoms with E-state index in [0.717, 1.165) is 5.56 Å². The molecule has 0 aliphatic rings. The van der Waals surface area contributed by atoms with Crippen LogP contribution in [0, 0.1) is 0 Å². The van der Waals surface area contributed by atoms with Crippen LogP contribution in [0.2, 0.25) is 5.02 Å². The third-order valence-corrected chi connectivity index (χ3v) is 2.42. The third-order valence-electron chi connectivity index (χ3n) is 2.19. The summed E-state index contributed by atoms with van der Waals surface area (Å²) in [5.41, 5.74) is 6.45. The summed E-state index contributed by atoms with van der Waals surface area (Å²) in [5, 5.41) is 0.577. The van der Waals surface area contributed by atoms with Crippen molar-refractivity contribution >= 4 is 17.6 Å². The zero-order chi connectivity index (χ0) is 12.1. The van der Waals surface area contributed by atoms with Crippen LogP contribution in [0.3, 0.4) is 0 Å². The van der Waals surface area contributed by atoms with Crippen LogP contribution in [0.5, 0.6) is 5.75 Å². The Morgan fingerprint density at radius 2 is 2.19 bits per heavy atom. The Morgan fingerprint density at radius 3 is 2.75 bits per heavy atom. The van der Waals surface area contributed by atoms with Gasteiger partial charge in [-0.3, -0.25) is 4.79 Å². The molecule has 88 valence electrons. The molecule has 1 aromatic rings. The molecule has 0 bridgehead atoms. The Balaban J connectivity index is 2.86. The SMILES string of the molecule is COC(=O)C(N)Cc1cc(Cl)ccc1OC. The largest absolute Gasteiger partial charge is 0.496 e. The van der Waals surface area contributed by atoms with E-state index in [9.17, 15) is 4.79 Å². The Morgan fingerprint density at radius 1 is 1.50 bits per heavy atom. The molecule has 0 aliphatic heterocycles. The van der Waals surface area contributed by atoms with E-state index in [2.05, 4.69) is 4.74 Å². The van der Waals surface area contributed by atoms with Crippen molar-refractivity contribution in [2.75, 3.05) is 14.2 Å². The van der Waals surface area contributed by atoms with E-state index < -0.39 is 12.0 Å². The first kappa shape index (κ1) is 12.8. The van der Waals surface area contributed by atoms with Crippen LogP contribution < -0.4 is 10.5 Å². The molecule has 0 radical (unpaired) electrons. The highest BCUT2D eigenvalue weighted by atomic mass is 35.5. The molecule has 1 unspecified atom stereocenters. The van der Waals surface area contributed by atoms with Gasteiger partial charge in [-0.25, -0.2) is 0 Å². The van der Waals surface area contributed by atoms with Crippen LogP contribution >= 0.6 is 11.6 Å². The van der Waals surface area contributed by atoms with Crippen molar-refractivity contribution in [3.8, 4) is 5.75 Å². The molecule has 16 heavy (non-hydrogen) atoms. The number of hydrogen-bond acceptors (Lipinski definition) is 4. The molecule has 0 aliphatic carbocycles. The van der Waals surface area contributed by atoms with Crippen molar-refractivity contribution in [3.05, 3.63) is 28.8 Å². The quantitative estimate of drug-likeness (QED) is 0.812. The van der Waals surface area contributed by atoms with Crippen molar-refractivity contribution in [1.29, 1.82) is 0 Å². The number of halogens is 1. The van der Waals surface area contributed by atoms with Gasteiger partial charge in [0, 0.05) is 11.4 Å². The van der Waals surface area contributed by atoms with Crippen molar-refractivity contribution in [2.45, 2.75) is 12.5 Å². The van der Waals surface area contributed by atoms with Gasteiger partial charge in [0.25, 0.3) is 0 Å². The van der Waals surface area contributed by atoms with Crippen molar-refractivity contribution < 1.29 is 14.3 Å². The number of ether oxygens (including phenoxy) is 2. The smallest absolute Gasteiger partial charge is 0.322 e. The van der Waals surface area contributed by atoms with Crippen LogP contribution in [0.1, 0.15) is 5.56 Å². The lowest BCUT2D eigenvalue weighted by atomic mass is 10.1. The van der Waals surface area contributed by atoms with Gasteiger partial charge in [-0.15, -0.1) is 0 Å². The van der Waals surface area contributed by atoms with E-state index in [1.165, 1.54) is 7.11 Å². The third kappa shape index (κ3) is 3.12. The van der Waals surface area contributed by atoms with Gasteiger partial charge in [-0.1, -0.05) is 11.6 Å². The molecule has 0 amide bonds. The first-order valence-electron chi connectivity index (χ1n) is 4.74. The summed E-state index contributed by atoms with van der Waals surface area (Å²) in [6.45, 7) is 0. The molecule has 2 N–H and O–H groups in total. The normalized spacial score (nSPS) is 12.0. The minimum absolute atomic E-state index is 0.330. The second-order valence-electron chi connectivity index (χ2n) is 3.29. The summed E-state index contributed by atoms with van der Waals surface area (Å²) in [6.07, 6.45) is 0.330. The van der Waals surface area contributed by atoms with Crippen molar-refractivity contribution in [2.24, 2.45) is 5.73 Å². The molecule has 1 aromatic carbocycles. The molecular weight excluding hydrogens is 230 g/mol. The fourth-order valence-electron chi connectivity index (χ4n) is 1.38. The van der Waals surface area contributed by atoms with E-state index in [0.29, 0.717) is 17.2 Å². The van der Waals surface area contributed by atoms with E-state index in [-0.39, 0.29) is 0 Å². The minimum Gasteiger partial charge on any atom is -0.496 e. The zero-order valence-corrected chi connectivity index (χ0v) is 9.95. The molecule has 1 atom stereocenters. The van der Waals surface area contributed by atoms with Gasteiger partial charge >= 0.3 is 5.97 Å². The number of rotatable bonds is 4. The van der Waals surface area contributed by atoms with E-state index in [1.54, 1.807) is 25.3 Å². The van der Waals surface area contributed by atoms with Crippen LogP contribution in [-0.4, -0.2) is 26.2 Å². The molecule has 0 heterocycles. The number of benzene rings is 1. The fraction of sp³-hybridized carbons (Fsp3) is 0.364. The van der Waals surface area contributed by atoms with Crippen LogP contribution in [-0.2, 0) is 16.0 Å². The summed E-state index contributed by atoms with van der Waals surface area (Å²) in [5.74, 6) is 0.200. The summed E-state index contributed by atoms with van der Waals surface area (Å²) >= 11 is 5.86. The van der Waals surface area contributed by atoms with Gasteiger partial charge in [-0.2, -0.15) is 0 Å². The van der Waals surface area contributed by atoms with Gasteiger partial charge < -0.3 is 15.2 Å². The Labute approximate surface area is 99.3 Å². The molecule has 0 aromatic heterocycles. The standard InChI is InChI=1S/C11H14ClNO3/c1-15-10-4-3-8(12)5-7(10)6-9(13)11(14)16-2/h3-5,9H,6,13H2,1-2H3. The van der Waals surface area contributed by atoms with Gasteiger partial charge in [0.1, 0.15) is 11.8 Å². The lowest BCUT2D eigenvalue weighted by Gasteiger charge is -2.12. The minimum atomic E-state index is -0.711. The summed E-state index contributed by atoms with van der Waals surface area (Å²) in [4.78, 5) is 11.2. The molecule has 4 nitrogen and oxygen atoms in total. The highest BCUT2D eigenvalue weighted by molar-refractivity contribution is 6.30. The van der Waals surface area contributed by atoms with Gasteiger partial charge in [-0.05, 0) is 23.8 Å². The molecule has 5 heteroatoms. The lowest BCUT2D eigenvalue weighted by molar-refractivity contribution is -0.142. The Kier molecular flexibility index (Phi) is 4.58. The number of carbonyl (C=O) groups is 1. The molecule has 0 spiro atoms. The Bertz CT molecular complexity index is 381. The fourth-order valence-corrected chi connectivity index (χ4v) is 1.57. The number of nitrogens with two attached hydrogens (primary N) is 1. The van der Waals surface area contributed by atoms with Crippen molar-refractivity contribution in [3.63, 3.8) is 0 Å². The van der Waals surface area contributed by atoms with Crippen LogP contribution in [0.4, 0.5) is 0 Å². The second kappa shape index (κ2) is 5.72. The molecule has 0 saturated carbocycles. The number of esters is 1. The van der Waals surface area contributed by atoms with Gasteiger partial charge in [0.05, 0.1) is 14.2 Å². The van der Waals surface area contributed by atoms with E-state index in [4.69, 9.17) is 22.1 Å². The molecule has 0 saturated heterocycles. The highest BCUT2D eigenvalue weighted by Gasteiger charge is 2.16. The molecule has 0 fully saturated rings. The van der Waals surface area contributed by atoms with E-state index >= 15 is 0 Å². The maximum absolute atomic E-state index is 11.2. The average Bonchev–Trinajstić information content (AvgIpc) is 2.28. The zero-order valence-electron chi connectivity index (χ0n) is 9.20. The summed E-state index contributed by atoms with van der Waals surface area (Å²) < 4.78 is 9.70. The average molecular weight is 244 g/mol. The van der Waals surface area contributed by atoms with Gasteiger partial charge in [0.15, 0.2) is 0 Å². The van der Waals surface area contributed by atoms with Crippen molar-refractivity contribution in [1.82, 2.24) is 0 Å². The maximum atomic E-state index is 11.2. The first-order chi connectivity index (χ1) is 7.58. The van der Waals surface area contributed by atoms with E-state index in [1.807, 2.05) is 0 Å². The van der Waals surface area contributed by atoms with Crippen LogP contribution in [0.15, 0.2) is 18.2 Å². The second-order valence-corrected chi connectivity index (χ2v) is 3.73.